The minimum absolute atomic E-state index is 0.106. The number of carbonyl (C=O) groups excluding carboxylic acids is 1. The quantitative estimate of drug-likeness (QED) is 0.429. The van der Waals surface area contributed by atoms with Crippen LogP contribution in [-0.2, 0) is 4.79 Å². The molecule has 0 saturated heterocycles. The maximum atomic E-state index is 12.8. The van der Waals surface area contributed by atoms with Gasteiger partial charge in [-0.2, -0.15) is 14.9 Å². The van der Waals surface area contributed by atoms with E-state index in [-0.39, 0.29) is 17.8 Å². The Labute approximate surface area is 203 Å². The number of aromatic nitrogens is 5. The van der Waals surface area contributed by atoms with Gasteiger partial charge in [-0.1, -0.05) is 37.3 Å². The van der Waals surface area contributed by atoms with Gasteiger partial charge in [0, 0.05) is 29.0 Å². The normalized spacial score (nSPS) is 14.8. The van der Waals surface area contributed by atoms with Crippen LogP contribution in [0, 0.1) is 6.92 Å². The van der Waals surface area contributed by atoms with Gasteiger partial charge >= 0.3 is 0 Å². The number of anilines is 1. The summed E-state index contributed by atoms with van der Waals surface area (Å²) in [6.45, 7) is 4.60. The number of rotatable bonds is 7. The first-order valence-corrected chi connectivity index (χ1v) is 11.5. The van der Waals surface area contributed by atoms with Gasteiger partial charge in [-0.05, 0) is 31.5 Å². The van der Waals surface area contributed by atoms with Crippen molar-refractivity contribution < 1.29 is 14.3 Å². The first kappa shape index (κ1) is 22.5. The molecule has 1 aliphatic rings. The zero-order valence-corrected chi connectivity index (χ0v) is 19.9. The largest absolute Gasteiger partial charge is 0.497 e. The summed E-state index contributed by atoms with van der Waals surface area (Å²) < 4.78 is 12.9. The molecular weight excluding hydrogens is 444 g/mol. The zero-order chi connectivity index (χ0) is 24.4. The van der Waals surface area contributed by atoms with Gasteiger partial charge in [0.05, 0.1) is 31.3 Å². The standard InChI is InChI=1S/C26H26N6O3/c1-4-12-35-22-11-6-5-10-19(22)20-14-23(33)29-25-24(20)16(2)31-32(25)26-28-21(15-27-30-26)17-8-7-9-18(13-17)34-3/h5-11,13,15,20H,4,12,14H2,1-3H3,(H,29,33). The Hall–Kier alpha value is -4.27. The van der Waals surface area contributed by atoms with Gasteiger partial charge in [0.25, 0.3) is 5.95 Å². The average molecular weight is 471 g/mol. The number of para-hydroxylation sites is 1. The van der Waals surface area contributed by atoms with E-state index >= 15 is 0 Å². The molecule has 9 nitrogen and oxygen atoms in total. The van der Waals surface area contributed by atoms with Gasteiger partial charge < -0.3 is 14.8 Å². The zero-order valence-electron chi connectivity index (χ0n) is 19.9. The van der Waals surface area contributed by atoms with Gasteiger partial charge in [0.15, 0.2) is 0 Å². The lowest BCUT2D eigenvalue weighted by Gasteiger charge is -2.25. The number of aryl methyl sites for hydroxylation is 1. The van der Waals surface area contributed by atoms with Gasteiger partial charge in [0.2, 0.25) is 5.91 Å². The van der Waals surface area contributed by atoms with Crippen molar-refractivity contribution >= 4 is 11.7 Å². The fourth-order valence-electron chi connectivity index (χ4n) is 4.37. The van der Waals surface area contributed by atoms with E-state index in [1.165, 1.54) is 0 Å². The number of nitrogens with zero attached hydrogens (tertiary/aromatic N) is 5. The molecule has 1 unspecified atom stereocenters. The highest BCUT2D eigenvalue weighted by atomic mass is 16.5. The molecule has 178 valence electrons. The summed E-state index contributed by atoms with van der Waals surface area (Å²) in [4.78, 5) is 17.5. The SMILES string of the molecule is CCCOc1ccccc1C1CC(=O)Nc2c1c(C)nn2-c1nncc(-c2cccc(OC)c2)n1. The van der Waals surface area contributed by atoms with Crippen molar-refractivity contribution in [3.8, 4) is 28.7 Å². The first-order valence-electron chi connectivity index (χ1n) is 11.5. The van der Waals surface area contributed by atoms with E-state index < -0.39 is 0 Å². The van der Waals surface area contributed by atoms with Crippen LogP contribution >= 0.6 is 0 Å². The van der Waals surface area contributed by atoms with Crippen molar-refractivity contribution in [2.24, 2.45) is 0 Å². The van der Waals surface area contributed by atoms with Crippen LogP contribution in [0.3, 0.4) is 0 Å². The number of benzene rings is 2. The number of amides is 1. The van der Waals surface area contributed by atoms with Crippen LogP contribution in [-0.4, -0.2) is 44.6 Å². The Morgan fingerprint density at radius 3 is 2.86 bits per heavy atom. The van der Waals surface area contributed by atoms with Crippen LogP contribution in [0.15, 0.2) is 54.7 Å². The molecule has 1 atom stereocenters. The number of carbonyl (C=O) groups is 1. The molecular formula is C26H26N6O3. The molecule has 3 heterocycles. The summed E-state index contributed by atoms with van der Waals surface area (Å²) in [6.07, 6.45) is 2.79. The number of hydrogen-bond acceptors (Lipinski definition) is 7. The third kappa shape index (κ3) is 4.32. The monoisotopic (exact) mass is 470 g/mol. The molecule has 0 fully saturated rings. The Morgan fingerprint density at radius 1 is 1.17 bits per heavy atom. The number of methoxy groups -OCH3 is 1. The van der Waals surface area contributed by atoms with E-state index in [0.717, 1.165) is 34.6 Å². The molecule has 0 radical (unpaired) electrons. The van der Waals surface area contributed by atoms with Crippen LogP contribution in [0.4, 0.5) is 5.82 Å². The van der Waals surface area contributed by atoms with Crippen molar-refractivity contribution in [3.63, 3.8) is 0 Å². The van der Waals surface area contributed by atoms with Crippen LogP contribution in [0.2, 0.25) is 0 Å². The molecule has 2 aromatic heterocycles. The Bertz CT molecular complexity index is 1380. The predicted octanol–water partition coefficient (Wildman–Crippen LogP) is 4.30. The van der Waals surface area contributed by atoms with E-state index in [4.69, 9.17) is 14.6 Å². The summed E-state index contributed by atoms with van der Waals surface area (Å²) in [7, 11) is 1.62. The topological polar surface area (TPSA) is 104 Å². The molecule has 9 heteroatoms. The lowest BCUT2D eigenvalue weighted by Crippen LogP contribution is -2.25. The molecule has 0 bridgehead atoms. The van der Waals surface area contributed by atoms with Crippen molar-refractivity contribution in [3.05, 3.63) is 71.5 Å². The van der Waals surface area contributed by atoms with Crippen LogP contribution in [0.1, 0.15) is 42.5 Å². The van der Waals surface area contributed by atoms with Crippen LogP contribution in [0.25, 0.3) is 17.2 Å². The molecule has 1 amide bonds. The smallest absolute Gasteiger partial charge is 0.272 e. The number of hydrogen-bond donors (Lipinski definition) is 1. The van der Waals surface area contributed by atoms with Crippen molar-refractivity contribution in [1.82, 2.24) is 25.0 Å². The van der Waals surface area contributed by atoms with Gasteiger partial charge in [-0.3, -0.25) is 4.79 Å². The second-order valence-electron chi connectivity index (χ2n) is 8.32. The summed E-state index contributed by atoms with van der Waals surface area (Å²) >= 11 is 0. The van der Waals surface area contributed by atoms with Gasteiger partial charge in [-0.25, -0.2) is 4.98 Å². The van der Waals surface area contributed by atoms with Gasteiger partial charge in [0.1, 0.15) is 17.3 Å². The fraction of sp³-hybridized carbons (Fsp3) is 0.269. The Kier molecular flexibility index (Phi) is 6.13. The summed E-state index contributed by atoms with van der Waals surface area (Å²) in [5.41, 5.74) is 4.12. The predicted molar refractivity (Wildman–Crippen MR) is 131 cm³/mol. The summed E-state index contributed by atoms with van der Waals surface area (Å²) in [5.74, 6) is 2.02. The highest BCUT2D eigenvalue weighted by Crippen LogP contribution is 2.43. The molecule has 0 aliphatic carbocycles. The summed E-state index contributed by atoms with van der Waals surface area (Å²) in [5, 5.41) is 16.0. The minimum atomic E-state index is -0.199. The van der Waals surface area contributed by atoms with Crippen LogP contribution < -0.4 is 14.8 Å². The van der Waals surface area contributed by atoms with E-state index in [1.807, 2.05) is 55.5 Å². The molecule has 4 aromatic rings. The Morgan fingerprint density at radius 2 is 2.03 bits per heavy atom. The van der Waals surface area contributed by atoms with Crippen molar-refractivity contribution in [1.29, 1.82) is 0 Å². The van der Waals surface area contributed by atoms with Crippen LogP contribution in [0.5, 0.6) is 11.5 Å². The number of fused-ring (bicyclic) bond motifs is 1. The molecule has 1 N–H and O–H groups in total. The van der Waals surface area contributed by atoms with E-state index in [9.17, 15) is 4.79 Å². The molecule has 0 spiro atoms. The lowest BCUT2D eigenvalue weighted by atomic mass is 9.85. The highest BCUT2D eigenvalue weighted by Gasteiger charge is 2.34. The molecule has 0 saturated carbocycles. The Balaban J connectivity index is 1.59. The van der Waals surface area contributed by atoms with Gasteiger partial charge in [-0.15, -0.1) is 5.10 Å². The molecule has 2 aromatic carbocycles. The second kappa shape index (κ2) is 9.54. The molecule has 1 aliphatic heterocycles. The van der Waals surface area contributed by atoms with Crippen molar-refractivity contribution in [2.45, 2.75) is 32.6 Å². The van der Waals surface area contributed by atoms with E-state index in [0.29, 0.717) is 30.3 Å². The van der Waals surface area contributed by atoms with Crippen molar-refractivity contribution in [2.75, 3.05) is 19.0 Å². The minimum Gasteiger partial charge on any atom is -0.497 e. The number of nitrogens with one attached hydrogen (secondary N) is 1. The summed E-state index contributed by atoms with van der Waals surface area (Å²) in [6, 6.07) is 15.4. The first-order chi connectivity index (χ1) is 17.1. The average Bonchev–Trinajstić information content (AvgIpc) is 3.23. The van der Waals surface area contributed by atoms with E-state index in [1.54, 1.807) is 18.0 Å². The lowest BCUT2D eigenvalue weighted by molar-refractivity contribution is -0.116. The molecule has 35 heavy (non-hydrogen) atoms. The third-order valence-electron chi connectivity index (χ3n) is 5.96. The van der Waals surface area contributed by atoms with E-state index in [2.05, 4.69) is 27.4 Å². The third-order valence-corrected chi connectivity index (χ3v) is 5.96. The highest BCUT2D eigenvalue weighted by molar-refractivity contribution is 5.95. The second-order valence-corrected chi connectivity index (χ2v) is 8.32. The number of ether oxygens (including phenoxy) is 2. The maximum absolute atomic E-state index is 12.8. The molecule has 5 rings (SSSR count). The maximum Gasteiger partial charge on any atom is 0.272 e. The fourth-order valence-corrected chi connectivity index (χ4v) is 4.37.